The number of rotatable bonds is 4. The lowest BCUT2D eigenvalue weighted by Crippen LogP contribution is -2.05. The van der Waals surface area contributed by atoms with Crippen molar-refractivity contribution in [1.29, 1.82) is 0 Å². The number of benzene rings is 3. The largest absolute Gasteiger partial charge is 0.496 e. The van der Waals surface area contributed by atoms with Crippen molar-refractivity contribution < 1.29 is 17.9 Å². The van der Waals surface area contributed by atoms with E-state index in [-0.39, 0.29) is 5.52 Å². The van der Waals surface area contributed by atoms with E-state index >= 15 is 0 Å². The van der Waals surface area contributed by atoms with Gasteiger partial charge in [0, 0.05) is 16.6 Å². The van der Waals surface area contributed by atoms with Crippen LogP contribution in [0.25, 0.3) is 21.7 Å². The highest BCUT2D eigenvalue weighted by Crippen LogP contribution is 2.33. The molecule has 0 saturated carbocycles. The van der Waals surface area contributed by atoms with Gasteiger partial charge in [-0.2, -0.15) is 18.3 Å². The number of anilines is 1. The van der Waals surface area contributed by atoms with Gasteiger partial charge in [-0.3, -0.25) is 10.4 Å². The zero-order valence-electron chi connectivity index (χ0n) is 16.3. The Morgan fingerprint density at radius 3 is 2.57 bits per heavy atom. The Morgan fingerprint density at radius 2 is 1.80 bits per heavy atom. The molecule has 1 heterocycles. The maximum atomic E-state index is 13.0. The molecule has 7 heteroatoms. The highest BCUT2D eigenvalue weighted by Gasteiger charge is 2.30. The molecular formula is C23H18F3N3O. The van der Waals surface area contributed by atoms with E-state index in [0.29, 0.717) is 22.5 Å². The van der Waals surface area contributed by atoms with Gasteiger partial charge in [0.25, 0.3) is 0 Å². The van der Waals surface area contributed by atoms with Gasteiger partial charge in [-0.1, -0.05) is 36.4 Å². The molecule has 4 nitrogen and oxygen atoms in total. The van der Waals surface area contributed by atoms with Gasteiger partial charge in [0.2, 0.25) is 0 Å². The number of halogens is 3. The van der Waals surface area contributed by atoms with E-state index in [0.717, 1.165) is 28.5 Å². The van der Waals surface area contributed by atoms with Gasteiger partial charge in [-0.25, -0.2) is 0 Å². The number of nitrogens with one attached hydrogen (secondary N) is 1. The summed E-state index contributed by atoms with van der Waals surface area (Å²) in [5, 5.41) is 6.91. The number of hydrazone groups is 1. The molecule has 4 rings (SSSR count). The van der Waals surface area contributed by atoms with E-state index in [4.69, 9.17) is 4.74 Å². The van der Waals surface area contributed by atoms with Crippen LogP contribution in [0.15, 0.2) is 65.8 Å². The van der Waals surface area contributed by atoms with E-state index in [1.165, 1.54) is 6.07 Å². The van der Waals surface area contributed by atoms with Gasteiger partial charge in [0.15, 0.2) is 0 Å². The number of aryl methyl sites for hydroxylation is 1. The Kier molecular flexibility index (Phi) is 5.03. The Balaban J connectivity index is 1.72. The molecule has 0 atom stereocenters. The highest BCUT2D eigenvalue weighted by molar-refractivity contribution is 6.03. The van der Waals surface area contributed by atoms with Gasteiger partial charge in [-0.15, -0.1) is 0 Å². The van der Waals surface area contributed by atoms with Crippen LogP contribution in [0.2, 0.25) is 0 Å². The molecule has 0 aliphatic rings. The molecule has 4 aromatic rings. The number of fused-ring (bicyclic) bond motifs is 2. The van der Waals surface area contributed by atoms with Crippen LogP contribution in [0.3, 0.4) is 0 Å². The lowest BCUT2D eigenvalue weighted by Gasteiger charge is -2.11. The van der Waals surface area contributed by atoms with Crippen molar-refractivity contribution in [1.82, 2.24) is 4.98 Å². The first-order valence-electron chi connectivity index (χ1n) is 9.20. The third-order valence-electron chi connectivity index (χ3n) is 4.79. The number of methoxy groups -OCH3 is 1. The number of nitrogens with zero attached hydrogens (tertiary/aromatic N) is 2. The van der Waals surface area contributed by atoms with Crippen molar-refractivity contribution >= 4 is 33.6 Å². The van der Waals surface area contributed by atoms with Crippen molar-refractivity contribution in [3.05, 3.63) is 77.5 Å². The monoisotopic (exact) mass is 409 g/mol. The fraction of sp³-hybridized carbons (Fsp3) is 0.130. The van der Waals surface area contributed by atoms with Crippen LogP contribution in [-0.4, -0.2) is 18.3 Å². The van der Waals surface area contributed by atoms with E-state index in [1.807, 2.05) is 36.4 Å². The lowest BCUT2D eigenvalue weighted by atomic mass is 10.0. The zero-order chi connectivity index (χ0) is 21.3. The molecule has 1 N–H and O–H groups in total. The minimum absolute atomic E-state index is 0.255. The molecule has 3 aromatic carbocycles. The first kappa shape index (κ1) is 19.7. The molecule has 0 aliphatic carbocycles. The maximum absolute atomic E-state index is 13.0. The second kappa shape index (κ2) is 7.67. The fourth-order valence-electron chi connectivity index (χ4n) is 3.38. The smallest absolute Gasteiger partial charge is 0.416 e. The number of ether oxygens (including phenoxy) is 1. The molecular weight excluding hydrogens is 391 g/mol. The van der Waals surface area contributed by atoms with Crippen LogP contribution in [-0.2, 0) is 6.18 Å². The Labute approximate surface area is 171 Å². The van der Waals surface area contributed by atoms with Gasteiger partial charge >= 0.3 is 6.18 Å². The summed E-state index contributed by atoms with van der Waals surface area (Å²) in [7, 11) is 1.59. The summed E-state index contributed by atoms with van der Waals surface area (Å²) in [5.41, 5.74) is 4.43. The molecule has 0 spiro atoms. The van der Waals surface area contributed by atoms with E-state index in [9.17, 15) is 13.2 Å². The van der Waals surface area contributed by atoms with E-state index in [1.54, 1.807) is 26.3 Å². The summed E-state index contributed by atoms with van der Waals surface area (Å²) < 4.78 is 44.5. The summed E-state index contributed by atoms with van der Waals surface area (Å²) in [6.45, 7) is 1.72. The lowest BCUT2D eigenvalue weighted by molar-refractivity contribution is -0.137. The number of alkyl halides is 3. The van der Waals surface area contributed by atoms with Crippen LogP contribution in [0.1, 0.15) is 16.8 Å². The van der Waals surface area contributed by atoms with Gasteiger partial charge in [0.1, 0.15) is 5.75 Å². The number of hydrogen-bond donors (Lipinski definition) is 1. The standard InChI is InChI=1S/C23H18F3N3O/c1-14-11-21(18-9-8-16(23(24,25)26)12-20(18)28-14)29-27-13-19-17-6-4-3-5-15(17)7-10-22(19)30-2/h3-13H,1-2H3,(H,28,29)/b27-13+. The third-order valence-corrected chi connectivity index (χ3v) is 4.79. The van der Waals surface area contributed by atoms with Crippen LogP contribution in [0.4, 0.5) is 18.9 Å². The molecule has 30 heavy (non-hydrogen) atoms. The summed E-state index contributed by atoms with van der Waals surface area (Å²) >= 11 is 0. The van der Waals surface area contributed by atoms with Crippen LogP contribution < -0.4 is 10.2 Å². The molecule has 0 fully saturated rings. The van der Waals surface area contributed by atoms with Crippen molar-refractivity contribution in [3.63, 3.8) is 0 Å². The topological polar surface area (TPSA) is 46.5 Å². The summed E-state index contributed by atoms with van der Waals surface area (Å²) in [6, 6.07) is 16.9. The SMILES string of the molecule is COc1ccc2ccccc2c1/C=N/Nc1cc(C)nc2cc(C(F)(F)F)ccc12. The normalized spacial score (nSPS) is 12.0. The molecule has 1 aromatic heterocycles. The predicted molar refractivity (Wildman–Crippen MR) is 113 cm³/mol. The molecule has 0 amide bonds. The minimum Gasteiger partial charge on any atom is -0.496 e. The van der Waals surface area contributed by atoms with Gasteiger partial charge in [0.05, 0.1) is 30.1 Å². The minimum atomic E-state index is -4.42. The average molecular weight is 409 g/mol. The zero-order valence-corrected chi connectivity index (χ0v) is 16.3. The van der Waals surface area contributed by atoms with E-state index in [2.05, 4.69) is 15.5 Å². The number of aromatic nitrogens is 1. The molecule has 0 radical (unpaired) electrons. The fourth-order valence-corrected chi connectivity index (χ4v) is 3.38. The second-order valence-electron chi connectivity index (χ2n) is 6.81. The molecule has 152 valence electrons. The quantitative estimate of drug-likeness (QED) is 0.324. The third kappa shape index (κ3) is 3.78. The summed E-state index contributed by atoms with van der Waals surface area (Å²) in [6.07, 6.45) is -2.77. The van der Waals surface area contributed by atoms with Crippen LogP contribution in [0, 0.1) is 6.92 Å². The molecule has 0 bridgehead atoms. The molecule has 0 aliphatic heterocycles. The van der Waals surface area contributed by atoms with E-state index < -0.39 is 11.7 Å². The molecule has 0 unspecified atom stereocenters. The second-order valence-corrected chi connectivity index (χ2v) is 6.81. The van der Waals surface area contributed by atoms with Crippen molar-refractivity contribution in [2.45, 2.75) is 13.1 Å². The Bertz CT molecular complexity index is 1270. The number of hydrogen-bond acceptors (Lipinski definition) is 4. The van der Waals surface area contributed by atoms with Crippen molar-refractivity contribution in [2.75, 3.05) is 12.5 Å². The van der Waals surface area contributed by atoms with Gasteiger partial charge in [-0.05, 0) is 42.0 Å². The summed E-state index contributed by atoms with van der Waals surface area (Å²) in [4.78, 5) is 4.23. The molecule has 0 saturated heterocycles. The first-order chi connectivity index (χ1) is 14.4. The maximum Gasteiger partial charge on any atom is 0.416 e. The van der Waals surface area contributed by atoms with Crippen molar-refractivity contribution in [3.8, 4) is 5.75 Å². The van der Waals surface area contributed by atoms with Gasteiger partial charge < -0.3 is 4.74 Å². The average Bonchev–Trinajstić information content (AvgIpc) is 2.72. The highest BCUT2D eigenvalue weighted by atomic mass is 19.4. The first-order valence-corrected chi connectivity index (χ1v) is 9.20. The van der Waals surface area contributed by atoms with Crippen LogP contribution in [0.5, 0.6) is 5.75 Å². The number of pyridine rings is 1. The van der Waals surface area contributed by atoms with Crippen LogP contribution >= 0.6 is 0 Å². The summed E-state index contributed by atoms with van der Waals surface area (Å²) in [5.74, 6) is 0.671. The Morgan fingerprint density at radius 1 is 1.00 bits per heavy atom. The predicted octanol–water partition coefficient (Wildman–Crippen LogP) is 6.17. The Hall–Kier alpha value is -3.61. The van der Waals surface area contributed by atoms with Crippen molar-refractivity contribution in [2.24, 2.45) is 5.10 Å².